The van der Waals surface area contributed by atoms with E-state index in [0.29, 0.717) is 32.5 Å². The highest BCUT2D eigenvalue weighted by atomic mass is 16.5. The summed E-state index contributed by atoms with van der Waals surface area (Å²) in [6.45, 7) is 3.74. The van der Waals surface area contributed by atoms with E-state index in [-0.39, 0.29) is 18.4 Å². The Balaban J connectivity index is 2.24. The molecule has 1 N–H and O–H groups in total. The highest BCUT2D eigenvalue weighted by Crippen LogP contribution is 2.08. The molecule has 5 nitrogen and oxygen atoms in total. The molecule has 0 aromatic rings. The smallest absolute Gasteiger partial charge is 0.303 e. The predicted octanol–water partition coefficient (Wildman–Crippen LogP) is 0.489. The van der Waals surface area contributed by atoms with Gasteiger partial charge in [-0.2, -0.15) is 0 Å². The van der Waals surface area contributed by atoms with E-state index in [1.807, 2.05) is 6.92 Å². The van der Waals surface area contributed by atoms with Crippen molar-refractivity contribution in [3.8, 4) is 0 Å². The number of aliphatic carboxylic acids is 1. The van der Waals surface area contributed by atoms with E-state index in [4.69, 9.17) is 9.84 Å². The molecule has 1 aliphatic rings. The molecule has 5 heteroatoms. The number of morpholine rings is 1. The molecule has 0 aromatic carbocycles. The van der Waals surface area contributed by atoms with Gasteiger partial charge in [-0.15, -0.1) is 0 Å². The molecule has 1 aliphatic heterocycles. The first-order valence-corrected chi connectivity index (χ1v) is 5.21. The van der Waals surface area contributed by atoms with Crippen LogP contribution in [-0.2, 0) is 14.3 Å². The van der Waals surface area contributed by atoms with Crippen LogP contribution in [0.3, 0.4) is 0 Å². The lowest BCUT2D eigenvalue weighted by atomic mass is 10.2. The molecular formula is C10H17NO4. The van der Waals surface area contributed by atoms with Crippen molar-refractivity contribution >= 4 is 11.9 Å². The summed E-state index contributed by atoms with van der Waals surface area (Å²) >= 11 is 0. The maximum Gasteiger partial charge on any atom is 0.303 e. The third kappa shape index (κ3) is 4.29. The summed E-state index contributed by atoms with van der Waals surface area (Å²) in [5.74, 6) is -0.815. The van der Waals surface area contributed by atoms with Gasteiger partial charge in [0.2, 0.25) is 5.91 Å². The number of nitrogens with zero attached hydrogens (tertiary/aromatic N) is 1. The van der Waals surface area contributed by atoms with Gasteiger partial charge in [-0.1, -0.05) is 0 Å². The number of amides is 1. The molecule has 0 spiro atoms. The second-order valence-corrected chi connectivity index (χ2v) is 3.77. The Kier molecular flexibility index (Phi) is 4.55. The van der Waals surface area contributed by atoms with Gasteiger partial charge in [0.05, 0.1) is 12.7 Å². The van der Waals surface area contributed by atoms with Crippen LogP contribution >= 0.6 is 0 Å². The lowest BCUT2D eigenvalue weighted by Crippen LogP contribution is -2.44. The summed E-state index contributed by atoms with van der Waals surface area (Å²) in [4.78, 5) is 23.6. The van der Waals surface area contributed by atoms with Crippen LogP contribution in [0.15, 0.2) is 0 Å². The molecule has 1 saturated heterocycles. The van der Waals surface area contributed by atoms with Gasteiger partial charge < -0.3 is 14.7 Å². The van der Waals surface area contributed by atoms with E-state index in [1.165, 1.54) is 0 Å². The van der Waals surface area contributed by atoms with Gasteiger partial charge >= 0.3 is 5.97 Å². The summed E-state index contributed by atoms with van der Waals surface area (Å²) in [6, 6.07) is 0. The number of carboxylic acids is 1. The van der Waals surface area contributed by atoms with Crippen LogP contribution in [-0.4, -0.2) is 47.7 Å². The Morgan fingerprint density at radius 2 is 2.20 bits per heavy atom. The first-order chi connectivity index (χ1) is 7.09. The second-order valence-electron chi connectivity index (χ2n) is 3.77. The standard InChI is InChI=1S/C10H17NO4/c1-8-7-11(5-6-15-8)9(12)3-2-4-10(13)14/h8H,2-7H2,1H3,(H,13,14). The number of ether oxygens (including phenoxy) is 1. The molecule has 86 valence electrons. The molecular weight excluding hydrogens is 198 g/mol. The Morgan fingerprint density at radius 1 is 1.47 bits per heavy atom. The Bertz CT molecular complexity index is 242. The maximum atomic E-state index is 11.6. The molecule has 0 aromatic heterocycles. The van der Waals surface area contributed by atoms with E-state index in [9.17, 15) is 9.59 Å². The zero-order valence-corrected chi connectivity index (χ0v) is 8.94. The normalized spacial score (nSPS) is 21.4. The summed E-state index contributed by atoms with van der Waals surface area (Å²) in [5.41, 5.74) is 0. The van der Waals surface area contributed by atoms with Gasteiger partial charge in [0.1, 0.15) is 0 Å². The third-order valence-corrected chi connectivity index (χ3v) is 2.38. The molecule has 1 rings (SSSR count). The fourth-order valence-electron chi connectivity index (χ4n) is 1.59. The minimum Gasteiger partial charge on any atom is -0.481 e. The van der Waals surface area contributed by atoms with Gasteiger partial charge in [0.25, 0.3) is 0 Å². The molecule has 0 radical (unpaired) electrons. The van der Waals surface area contributed by atoms with Crippen LogP contribution in [0.1, 0.15) is 26.2 Å². The lowest BCUT2D eigenvalue weighted by molar-refractivity contribution is -0.139. The van der Waals surface area contributed by atoms with E-state index < -0.39 is 5.97 Å². The number of carbonyl (C=O) groups is 2. The zero-order valence-electron chi connectivity index (χ0n) is 8.94. The van der Waals surface area contributed by atoms with Gasteiger partial charge in [0.15, 0.2) is 0 Å². The zero-order chi connectivity index (χ0) is 11.3. The van der Waals surface area contributed by atoms with Crippen LogP contribution in [0, 0.1) is 0 Å². The average Bonchev–Trinajstić information content (AvgIpc) is 2.17. The van der Waals surface area contributed by atoms with Crippen molar-refractivity contribution < 1.29 is 19.4 Å². The topological polar surface area (TPSA) is 66.8 Å². The van der Waals surface area contributed by atoms with Gasteiger partial charge in [-0.25, -0.2) is 0 Å². The fraction of sp³-hybridized carbons (Fsp3) is 0.800. The monoisotopic (exact) mass is 215 g/mol. The molecule has 0 bridgehead atoms. The predicted molar refractivity (Wildman–Crippen MR) is 53.5 cm³/mol. The molecule has 0 aliphatic carbocycles. The quantitative estimate of drug-likeness (QED) is 0.741. The van der Waals surface area contributed by atoms with Crippen LogP contribution in [0.25, 0.3) is 0 Å². The van der Waals surface area contributed by atoms with Crippen molar-refractivity contribution in [2.75, 3.05) is 19.7 Å². The van der Waals surface area contributed by atoms with Crippen LogP contribution in [0.4, 0.5) is 0 Å². The number of rotatable bonds is 4. The third-order valence-electron chi connectivity index (χ3n) is 2.38. The fourth-order valence-corrected chi connectivity index (χ4v) is 1.59. The SMILES string of the molecule is CC1CN(C(=O)CCCC(=O)O)CCO1. The van der Waals surface area contributed by atoms with Gasteiger partial charge in [-0.05, 0) is 13.3 Å². The molecule has 1 amide bonds. The number of carboxylic acid groups (broad SMARTS) is 1. The van der Waals surface area contributed by atoms with Gasteiger partial charge in [0, 0.05) is 25.9 Å². The van der Waals surface area contributed by atoms with Crippen molar-refractivity contribution in [2.24, 2.45) is 0 Å². The number of hydrogen-bond donors (Lipinski definition) is 1. The van der Waals surface area contributed by atoms with Crippen LogP contribution < -0.4 is 0 Å². The van der Waals surface area contributed by atoms with Crippen molar-refractivity contribution in [2.45, 2.75) is 32.3 Å². The number of carbonyl (C=O) groups excluding carboxylic acids is 1. The molecule has 15 heavy (non-hydrogen) atoms. The van der Waals surface area contributed by atoms with Crippen molar-refractivity contribution in [3.63, 3.8) is 0 Å². The van der Waals surface area contributed by atoms with E-state index in [2.05, 4.69) is 0 Å². The van der Waals surface area contributed by atoms with E-state index >= 15 is 0 Å². The minimum atomic E-state index is -0.849. The molecule has 1 heterocycles. The average molecular weight is 215 g/mol. The van der Waals surface area contributed by atoms with Crippen molar-refractivity contribution in [3.05, 3.63) is 0 Å². The second kappa shape index (κ2) is 5.70. The highest BCUT2D eigenvalue weighted by molar-refractivity contribution is 5.77. The lowest BCUT2D eigenvalue weighted by Gasteiger charge is -2.31. The first kappa shape index (κ1) is 12.0. The summed E-state index contributed by atoms with van der Waals surface area (Å²) in [6.07, 6.45) is 0.882. The summed E-state index contributed by atoms with van der Waals surface area (Å²) < 4.78 is 5.31. The summed E-state index contributed by atoms with van der Waals surface area (Å²) in [7, 11) is 0. The van der Waals surface area contributed by atoms with Crippen LogP contribution in [0.5, 0.6) is 0 Å². The summed E-state index contributed by atoms with van der Waals surface area (Å²) in [5, 5.41) is 8.43. The Labute approximate surface area is 89.0 Å². The maximum absolute atomic E-state index is 11.6. The van der Waals surface area contributed by atoms with Crippen LogP contribution in [0.2, 0.25) is 0 Å². The molecule has 0 saturated carbocycles. The van der Waals surface area contributed by atoms with E-state index in [1.54, 1.807) is 4.90 Å². The molecule has 1 fully saturated rings. The Hall–Kier alpha value is -1.10. The van der Waals surface area contributed by atoms with Crippen molar-refractivity contribution in [1.82, 2.24) is 4.90 Å². The Morgan fingerprint density at radius 3 is 2.80 bits per heavy atom. The van der Waals surface area contributed by atoms with E-state index in [0.717, 1.165) is 0 Å². The van der Waals surface area contributed by atoms with Gasteiger partial charge in [-0.3, -0.25) is 9.59 Å². The highest BCUT2D eigenvalue weighted by Gasteiger charge is 2.20. The minimum absolute atomic E-state index is 0.0337. The largest absolute Gasteiger partial charge is 0.481 e. The molecule has 1 atom stereocenters. The molecule has 1 unspecified atom stereocenters. The first-order valence-electron chi connectivity index (χ1n) is 5.21. The van der Waals surface area contributed by atoms with Crippen molar-refractivity contribution in [1.29, 1.82) is 0 Å². The number of hydrogen-bond acceptors (Lipinski definition) is 3.